The van der Waals surface area contributed by atoms with Crippen LogP contribution in [0.1, 0.15) is 22.8 Å². The Balaban J connectivity index is 2.98. The van der Waals surface area contributed by atoms with Crippen molar-refractivity contribution in [3.05, 3.63) is 41.5 Å². The fourth-order valence-electron chi connectivity index (χ4n) is 1.24. The molecule has 0 unspecified atom stereocenters. The quantitative estimate of drug-likeness (QED) is 0.578. The van der Waals surface area contributed by atoms with Crippen LogP contribution in [0.2, 0.25) is 0 Å². The van der Waals surface area contributed by atoms with Gasteiger partial charge in [0.25, 0.3) is 0 Å². The summed E-state index contributed by atoms with van der Waals surface area (Å²) in [6, 6.07) is 5.41. The lowest BCUT2D eigenvalue weighted by molar-refractivity contribution is 0.0596. The van der Waals surface area contributed by atoms with Crippen molar-refractivity contribution in [3.8, 4) is 5.75 Å². The Morgan fingerprint density at radius 3 is 2.69 bits per heavy atom. The van der Waals surface area contributed by atoms with Gasteiger partial charge in [-0.15, -0.1) is 0 Å². The van der Waals surface area contributed by atoms with Crippen molar-refractivity contribution in [2.75, 3.05) is 13.7 Å². The molecule has 0 radical (unpaired) electrons. The van der Waals surface area contributed by atoms with Crippen LogP contribution in [0.25, 0.3) is 0 Å². The predicted molar refractivity (Wildman–Crippen MR) is 62.8 cm³/mol. The second-order valence-electron chi connectivity index (χ2n) is 3.74. The molecule has 0 spiro atoms. The number of esters is 1. The molecule has 0 atom stereocenters. The Morgan fingerprint density at radius 1 is 1.44 bits per heavy atom. The minimum atomic E-state index is -0.389. The van der Waals surface area contributed by atoms with E-state index in [9.17, 15) is 4.79 Å². The largest absolute Gasteiger partial charge is 0.488 e. The first-order valence-corrected chi connectivity index (χ1v) is 5.00. The first kappa shape index (κ1) is 12.3. The highest BCUT2D eigenvalue weighted by molar-refractivity contribution is 5.92. The van der Waals surface area contributed by atoms with Crippen LogP contribution in [0.4, 0.5) is 0 Å². The lowest BCUT2D eigenvalue weighted by Gasteiger charge is -2.10. The monoisotopic (exact) mass is 220 g/mol. The summed E-state index contributed by atoms with van der Waals surface area (Å²) < 4.78 is 10.2. The average Bonchev–Trinajstić information content (AvgIpc) is 2.26. The van der Waals surface area contributed by atoms with Crippen molar-refractivity contribution in [2.45, 2.75) is 13.8 Å². The Bertz CT molecular complexity index is 408. The molecule has 1 aromatic carbocycles. The van der Waals surface area contributed by atoms with Crippen molar-refractivity contribution in [1.29, 1.82) is 0 Å². The molecule has 1 rings (SSSR count). The van der Waals surface area contributed by atoms with Gasteiger partial charge in [0.2, 0.25) is 0 Å². The molecular weight excluding hydrogens is 204 g/mol. The van der Waals surface area contributed by atoms with Gasteiger partial charge < -0.3 is 9.47 Å². The average molecular weight is 220 g/mol. The van der Waals surface area contributed by atoms with Crippen LogP contribution >= 0.6 is 0 Å². The minimum Gasteiger partial charge on any atom is -0.488 e. The number of methoxy groups -OCH3 is 1. The molecule has 0 heterocycles. The second kappa shape index (κ2) is 5.35. The summed E-state index contributed by atoms with van der Waals surface area (Å²) in [7, 11) is 1.35. The first-order valence-electron chi connectivity index (χ1n) is 5.00. The molecule has 3 nitrogen and oxygen atoms in total. The Morgan fingerprint density at radius 2 is 2.12 bits per heavy atom. The number of carbonyl (C=O) groups excluding carboxylic acids is 1. The molecule has 86 valence electrons. The van der Waals surface area contributed by atoms with E-state index >= 15 is 0 Å². The summed E-state index contributed by atoms with van der Waals surface area (Å²) in [5, 5.41) is 0. The van der Waals surface area contributed by atoms with Gasteiger partial charge in [-0.25, -0.2) is 4.79 Å². The second-order valence-corrected chi connectivity index (χ2v) is 3.74. The fraction of sp³-hybridized carbons (Fsp3) is 0.308. The van der Waals surface area contributed by atoms with Gasteiger partial charge in [-0.3, -0.25) is 0 Å². The zero-order valence-corrected chi connectivity index (χ0v) is 9.87. The summed E-state index contributed by atoms with van der Waals surface area (Å²) in [5.74, 6) is 0.140. The Labute approximate surface area is 95.7 Å². The van der Waals surface area contributed by atoms with Crippen LogP contribution in [-0.4, -0.2) is 19.7 Å². The van der Waals surface area contributed by atoms with E-state index in [0.29, 0.717) is 17.9 Å². The number of rotatable bonds is 4. The van der Waals surface area contributed by atoms with E-state index in [0.717, 1.165) is 11.1 Å². The van der Waals surface area contributed by atoms with Crippen molar-refractivity contribution >= 4 is 5.97 Å². The minimum absolute atomic E-state index is 0.389. The summed E-state index contributed by atoms with van der Waals surface area (Å²) in [6.07, 6.45) is 0. The van der Waals surface area contributed by atoms with Crippen molar-refractivity contribution in [2.24, 2.45) is 0 Å². The molecule has 1 aromatic rings. The maximum atomic E-state index is 11.5. The zero-order chi connectivity index (χ0) is 12.1. The molecule has 0 aliphatic rings. The van der Waals surface area contributed by atoms with Gasteiger partial charge >= 0.3 is 5.97 Å². The van der Waals surface area contributed by atoms with E-state index < -0.39 is 0 Å². The topological polar surface area (TPSA) is 35.5 Å². The molecule has 0 saturated carbocycles. The predicted octanol–water partition coefficient (Wildman–Crippen LogP) is 2.74. The highest BCUT2D eigenvalue weighted by atomic mass is 16.5. The van der Waals surface area contributed by atoms with E-state index in [1.807, 2.05) is 19.9 Å². The smallest absolute Gasteiger partial charge is 0.341 e. The highest BCUT2D eigenvalue weighted by Gasteiger charge is 2.13. The molecule has 0 N–H and O–H groups in total. The Kier molecular flexibility index (Phi) is 4.11. The third kappa shape index (κ3) is 3.12. The molecule has 0 aliphatic carbocycles. The normalized spacial score (nSPS) is 9.69. The van der Waals surface area contributed by atoms with Gasteiger partial charge in [0, 0.05) is 0 Å². The van der Waals surface area contributed by atoms with Crippen molar-refractivity contribution in [1.82, 2.24) is 0 Å². The van der Waals surface area contributed by atoms with E-state index in [-0.39, 0.29) is 5.97 Å². The van der Waals surface area contributed by atoms with Crippen molar-refractivity contribution in [3.63, 3.8) is 0 Å². The summed E-state index contributed by atoms with van der Waals surface area (Å²) in [4.78, 5) is 11.5. The lowest BCUT2D eigenvalue weighted by atomic mass is 10.1. The number of benzene rings is 1. The molecular formula is C13H16O3. The van der Waals surface area contributed by atoms with Crippen molar-refractivity contribution < 1.29 is 14.3 Å². The van der Waals surface area contributed by atoms with Gasteiger partial charge in [-0.05, 0) is 31.6 Å². The summed E-state index contributed by atoms with van der Waals surface area (Å²) in [6.45, 7) is 7.92. The van der Waals surface area contributed by atoms with E-state index in [1.54, 1.807) is 12.1 Å². The molecule has 0 aliphatic heterocycles. The summed E-state index contributed by atoms with van der Waals surface area (Å²) >= 11 is 0. The lowest BCUT2D eigenvalue weighted by Crippen LogP contribution is -2.07. The summed E-state index contributed by atoms with van der Waals surface area (Å²) in [5.41, 5.74) is 2.34. The standard InChI is InChI=1S/C13H16O3/c1-9(2)8-16-12-6-5-10(3)7-11(12)13(14)15-4/h5-7H,1,8H2,2-4H3. The first-order chi connectivity index (χ1) is 7.54. The number of ether oxygens (including phenoxy) is 2. The van der Waals surface area contributed by atoms with Crippen LogP contribution in [0.5, 0.6) is 5.75 Å². The van der Waals surface area contributed by atoms with Crippen LogP contribution in [0.3, 0.4) is 0 Å². The van der Waals surface area contributed by atoms with E-state index in [4.69, 9.17) is 9.47 Å². The molecule has 0 bridgehead atoms. The van der Waals surface area contributed by atoms with Crippen LogP contribution in [0.15, 0.2) is 30.4 Å². The fourth-order valence-corrected chi connectivity index (χ4v) is 1.24. The molecule has 0 aromatic heterocycles. The number of carbonyl (C=O) groups is 1. The van der Waals surface area contributed by atoms with Gasteiger partial charge in [0.15, 0.2) is 0 Å². The van der Waals surface area contributed by atoms with E-state index in [1.165, 1.54) is 7.11 Å². The maximum absolute atomic E-state index is 11.5. The maximum Gasteiger partial charge on any atom is 0.341 e. The van der Waals surface area contributed by atoms with Gasteiger partial charge in [0.05, 0.1) is 7.11 Å². The number of aryl methyl sites for hydroxylation is 1. The molecule has 0 amide bonds. The van der Waals surface area contributed by atoms with Crippen LogP contribution in [0, 0.1) is 6.92 Å². The number of hydrogen-bond donors (Lipinski definition) is 0. The Hall–Kier alpha value is -1.77. The number of hydrogen-bond acceptors (Lipinski definition) is 3. The van der Waals surface area contributed by atoms with Gasteiger partial charge in [-0.1, -0.05) is 18.2 Å². The van der Waals surface area contributed by atoms with E-state index in [2.05, 4.69) is 6.58 Å². The highest BCUT2D eigenvalue weighted by Crippen LogP contribution is 2.21. The molecule has 16 heavy (non-hydrogen) atoms. The SMILES string of the molecule is C=C(C)COc1ccc(C)cc1C(=O)OC. The van der Waals surface area contributed by atoms with Gasteiger partial charge in [0.1, 0.15) is 17.9 Å². The molecule has 0 fully saturated rings. The third-order valence-electron chi connectivity index (χ3n) is 2.01. The zero-order valence-electron chi connectivity index (χ0n) is 9.87. The third-order valence-corrected chi connectivity index (χ3v) is 2.01. The van der Waals surface area contributed by atoms with Crippen LogP contribution in [-0.2, 0) is 4.74 Å². The van der Waals surface area contributed by atoms with Gasteiger partial charge in [-0.2, -0.15) is 0 Å². The van der Waals surface area contributed by atoms with Crippen LogP contribution < -0.4 is 4.74 Å². The molecule has 3 heteroatoms. The molecule has 0 saturated heterocycles.